The molecule has 0 saturated heterocycles. The number of carbonyl (C=O) groups excluding carboxylic acids is 1. The van der Waals surface area contributed by atoms with Gasteiger partial charge in [0, 0.05) is 24.6 Å². The van der Waals surface area contributed by atoms with Gasteiger partial charge in [-0.25, -0.2) is 4.79 Å². The maximum atomic E-state index is 11.4. The summed E-state index contributed by atoms with van der Waals surface area (Å²) in [5.74, 6) is -0.218. The number of nitrogen functional groups attached to an aromatic ring is 1. The van der Waals surface area contributed by atoms with Gasteiger partial charge in [0.05, 0.1) is 7.11 Å². The van der Waals surface area contributed by atoms with E-state index in [1.165, 1.54) is 7.11 Å². The van der Waals surface area contributed by atoms with Crippen LogP contribution >= 0.6 is 0 Å². The fraction of sp³-hybridized carbons (Fsp3) is 0.200. The zero-order chi connectivity index (χ0) is 21.0. The average molecular weight is 399 g/mol. The van der Waals surface area contributed by atoms with Crippen molar-refractivity contribution >= 4 is 11.7 Å². The molecule has 6 N–H and O–H groups in total. The number of aromatic hydroxyl groups is 1. The Labute approximate surface area is 165 Å². The van der Waals surface area contributed by atoms with Crippen LogP contribution in [0.25, 0.3) is 0 Å². The zero-order valence-corrected chi connectivity index (χ0v) is 15.7. The van der Waals surface area contributed by atoms with Crippen molar-refractivity contribution in [2.45, 2.75) is 18.9 Å². The summed E-state index contributed by atoms with van der Waals surface area (Å²) in [6, 6.07) is 11.4. The van der Waals surface area contributed by atoms with E-state index in [1.54, 1.807) is 42.5 Å². The molecule has 0 amide bonds. The zero-order valence-electron chi connectivity index (χ0n) is 15.7. The van der Waals surface area contributed by atoms with Crippen molar-refractivity contribution < 1.29 is 23.8 Å². The number of nitrogens with two attached hydrogens (primary N) is 2. The number of benzene rings is 2. The average Bonchev–Trinajstić information content (AvgIpc) is 3.01. The molecule has 0 saturated carbocycles. The highest BCUT2D eigenvalue weighted by atomic mass is 16.5. The summed E-state index contributed by atoms with van der Waals surface area (Å²) >= 11 is 0. The lowest BCUT2D eigenvalue weighted by Crippen LogP contribution is -2.33. The van der Waals surface area contributed by atoms with E-state index in [4.69, 9.17) is 20.6 Å². The number of oxazole rings is 1. The van der Waals surface area contributed by atoms with E-state index in [2.05, 4.69) is 9.72 Å². The standard InChI is InChI=1S/C20H21N3O6/c1-27-19(25)16(22)9-12-4-7-14(10-15(12)21)28-13-5-2-11(3-6-13)8-17-18(24)23-20(26)29-17/h2-7,10,16,24H,8-9,21-22H2,1H3,(H,23,26). The van der Waals surface area contributed by atoms with Crippen LogP contribution in [-0.4, -0.2) is 29.2 Å². The normalized spacial score (nSPS) is 11.8. The van der Waals surface area contributed by atoms with Crippen LogP contribution < -0.4 is 22.0 Å². The number of hydrogen-bond acceptors (Lipinski definition) is 8. The fourth-order valence-corrected chi connectivity index (χ4v) is 2.76. The Morgan fingerprint density at radius 2 is 1.90 bits per heavy atom. The number of esters is 1. The van der Waals surface area contributed by atoms with Crippen molar-refractivity contribution in [3.63, 3.8) is 0 Å². The van der Waals surface area contributed by atoms with Gasteiger partial charge >= 0.3 is 11.7 Å². The molecule has 1 unspecified atom stereocenters. The molecule has 1 aromatic heterocycles. The van der Waals surface area contributed by atoms with E-state index >= 15 is 0 Å². The summed E-state index contributed by atoms with van der Waals surface area (Å²) in [7, 11) is 1.28. The summed E-state index contributed by atoms with van der Waals surface area (Å²) in [5, 5.41) is 9.57. The third-order valence-electron chi connectivity index (χ3n) is 4.29. The van der Waals surface area contributed by atoms with Crippen LogP contribution in [0.4, 0.5) is 5.69 Å². The molecule has 0 spiro atoms. The first-order chi connectivity index (χ1) is 13.9. The van der Waals surface area contributed by atoms with Gasteiger partial charge in [-0.2, -0.15) is 0 Å². The molecular weight excluding hydrogens is 378 g/mol. The van der Waals surface area contributed by atoms with Gasteiger partial charge in [-0.3, -0.25) is 9.78 Å². The highest BCUT2D eigenvalue weighted by molar-refractivity contribution is 5.76. The number of aromatic nitrogens is 1. The molecule has 1 atom stereocenters. The first-order valence-corrected chi connectivity index (χ1v) is 8.75. The van der Waals surface area contributed by atoms with Crippen LogP contribution in [0.2, 0.25) is 0 Å². The minimum atomic E-state index is -0.787. The maximum absolute atomic E-state index is 11.4. The Morgan fingerprint density at radius 1 is 1.21 bits per heavy atom. The van der Waals surface area contributed by atoms with Crippen LogP contribution in [0.15, 0.2) is 51.7 Å². The second-order valence-electron chi connectivity index (χ2n) is 6.40. The molecule has 0 radical (unpaired) electrons. The fourth-order valence-electron chi connectivity index (χ4n) is 2.76. The van der Waals surface area contributed by atoms with Crippen LogP contribution in [-0.2, 0) is 22.4 Å². The van der Waals surface area contributed by atoms with Crippen molar-refractivity contribution in [3.05, 3.63) is 69.9 Å². The van der Waals surface area contributed by atoms with E-state index in [0.717, 1.165) is 11.1 Å². The lowest BCUT2D eigenvalue weighted by molar-refractivity contribution is -0.142. The number of H-pyrrole nitrogens is 1. The SMILES string of the molecule is COC(=O)C(N)Cc1ccc(Oc2ccc(Cc3oc(=O)[nH]c3O)cc2)cc1N. The molecule has 3 rings (SSSR count). The minimum absolute atomic E-state index is 0.164. The predicted octanol–water partition coefficient (Wildman–Crippen LogP) is 1.68. The summed E-state index contributed by atoms with van der Waals surface area (Å²) in [6.07, 6.45) is 0.516. The monoisotopic (exact) mass is 399 g/mol. The van der Waals surface area contributed by atoms with E-state index in [1.807, 2.05) is 0 Å². The van der Waals surface area contributed by atoms with Gasteiger partial charge in [0.1, 0.15) is 17.5 Å². The molecule has 2 aromatic carbocycles. The number of methoxy groups -OCH3 is 1. The number of hydrogen-bond donors (Lipinski definition) is 4. The largest absolute Gasteiger partial charge is 0.492 e. The van der Waals surface area contributed by atoms with E-state index in [9.17, 15) is 14.7 Å². The Balaban J connectivity index is 1.65. The number of carbonyl (C=O) groups is 1. The molecular formula is C20H21N3O6. The van der Waals surface area contributed by atoms with Crippen molar-refractivity contribution in [2.75, 3.05) is 12.8 Å². The van der Waals surface area contributed by atoms with Crippen LogP contribution in [0, 0.1) is 0 Å². The lowest BCUT2D eigenvalue weighted by Gasteiger charge is -2.13. The van der Waals surface area contributed by atoms with Crippen molar-refractivity contribution in [1.29, 1.82) is 0 Å². The van der Waals surface area contributed by atoms with Crippen LogP contribution in [0.1, 0.15) is 16.9 Å². The third kappa shape index (κ3) is 4.96. The number of aromatic amines is 1. The number of rotatable bonds is 7. The molecule has 0 aliphatic carbocycles. The second-order valence-corrected chi connectivity index (χ2v) is 6.40. The first-order valence-electron chi connectivity index (χ1n) is 8.75. The van der Waals surface area contributed by atoms with Gasteiger partial charge in [0.15, 0.2) is 5.76 Å². The molecule has 0 bridgehead atoms. The Hall–Kier alpha value is -3.72. The van der Waals surface area contributed by atoms with Crippen molar-refractivity contribution in [1.82, 2.24) is 4.98 Å². The number of ether oxygens (including phenoxy) is 2. The lowest BCUT2D eigenvalue weighted by atomic mass is 10.0. The Bertz CT molecular complexity index is 1050. The van der Waals surface area contributed by atoms with Gasteiger partial charge in [0.25, 0.3) is 0 Å². The van der Waals surface area contributed by atoms with Gasteiger partial charge in [-0.05, 0) is 29.3 Å². The van der Waals surface area contributed by atoms with Gasteiger partial charge in [-0.1, -0.05) is 18.2 Å². The molecule has 3 aromatic rings. The highest BCUT2D eigenvalue weighted by Crippen LogP contribution is 2.27. The summed E-state index contributed by atoms with van der Waals surface area (Å²) in [4.78, 5) is 24.7. The molecule has 0 aliphatic rings. The van der Waals surface area contributed by atoms with Gasteiger partial charge < -0.3 is 30.5 Å². The van der Waals surface area contributed by atoms with Crippen molar-refractivity contribution in [3.8, 4) is 17.4 Å². The molecule has 9 nitrogen and oxygen atoms in total. The number of anilines is 1. The minimum Gasteiger partial charge on any atom is -0.492 e. The van der Waals surface area contributed by atoms with E-state index < -0.39 is 17.8 Å². The topological polar surface area (TPSA) is 154 Å². The smallest absolute Gasteiger partial charge is 0.419 e. The molecule has 9 heteroatoms. The predicted molar refractivity (Wildman–Crippen MR) is 105 cm³/mol. The first kappa shape index (κ1) is 20.0. The molecule has 0 aliphatic heterocycles. The quantitative estimate of drug-likeness (QED) is 0.346. The van der Waals surface area contributed by atoms with Crippen molar-refractivity contribution in [2.24, 2.45) is 5.73 Å². The summed E-state index contributed by atoms with van der Waals surface area (Å²) in [5.41, 5.74) is 13.8. The van der Waals surface area contributed by atoms with E-state index in [-0.39, 0.29) is 24.5 Å². The third-order valence-corrected chi connectivity index (χ3v) is 4.29. The van der Waals surface area contributed by atoms with Crippen LogP contribution in [0.3, 0.4) is 0 Å². The molecule has 1 heterocycles. The molecule has 0 fully saturated rings. The summed E-state index contributed by atoms with van der Waals surface area (Å²) < 4.78 is 15.3. The highest BCUT2D eigenvalue weighted by Gasteiger charge is 2.16. The van der Waals surface area contributed by atoms with Gasteiger partial charge in [0.2, 0.25) is 5.88 Å². The maximum Gasteiger partial charge on any atom is 0.419 e. The van der Waals surface area contributed by atoms with Crippen LogP contribution in [0.5, 0.6) is 17.4 Å². The summed E-state index contributed by atoms with van der Waals surface area (Å²) in [6.45, 7) is 0. The second kappa shape index (κ2) is 8.53. The van der Waals surface area contributed by atoms with E-state index in [0.29, 0.717) is 17.2 Å². The Kier molecular flexibility index (Phi) is 5.89. The molecule has 29 heavy (non-hydrogen) atoms. The van der Waals surface area contributed by atoms with Gasteiger partial charge in [-0.15, -0.1) is 0 Å². The number of nitrogens with one attached hydrogen (secondary N) is 1. The Morgan fingerprint density at radius 3 is 2.48 bits per heavy atom. The molecule has 152 valence electrons.